The van der Waals surface area contributed by atoms with Crippen LogP contribution in [0.5, 0.6) is 0 Å². The zero-order valence-corrected chi connectivity index (χ0v) is 17.1. The average Bonchev–Trinajstić information content (AvgIpc) is 2.72. The van der Waals surface area contributed by atoms with Gasteiger partial charge in [-0.25, -0.2) is 12.8 Å². The normalized spacial score (nSPS) is 14.5. The van der Waals surface area contributed by atoms with Crippen LogP contribution in [-0.2, 0) is 14.6 Å². The fourth-order valence-electron chi connectivity index (χ4n) is 3.76. The molecule has 0 saturated carbocycles. The van der Waals surface area contributed by atoms with Gasteiger partial charge in [-0.05, 0) is 35.4 Å². The molecular weight excluding hydrogens is 401 g/mol. The van der Waals surface area contributed by atoms with Gasteiger partial charge in [-0.1, -0.05) is 60.7 Å². The van der Waals surface area contributed by atoms with E-state index in [4.69, 9.17) is 0 Å². The number of benzene rings is 3. The molecule has 6 heteroatoms. The molecule has 0 aliphatic carbocycles. The molecule has 3 aromatic carbocycles. The lowest BCUT2D eigenvalue weighted by atomic mass is 9.88. The molecule has 4 rings (SSSR count). The van der Waals surface area contributed by atoms with Crippen LogP contribution in [0.1, 0.15) is 23.5 Å². The molecule has 1 saturated heterocycles. The van der Waals surface area contributed by atoms with Crippen LogP contribution in [0, 0.1) is 5.82 Å². The number of hydrogen-bond acceptors (Lipinski definition) is 3. The maximum absolute atomic E-state index is 13.1. The van der Waals surface area contributed by atoms with Crippen molar-refractivity contribution in [2.75, 3.05) is 13.1 Å². The van der Waals surface area contributed by atoms with Crippen LogP contribution < -0.4 is 0 Å². The van der Waals surface area contributed by atoms with Crippen LogP contribution >= 0.6 is 0 Å². The lowest BCUT2D eigenvalue weighted by molar-refractivity contribution is -0.134. The summed E-state index contributed by atoms with van der Waals surface area (Å²) in [6, 6.07) is 24.5. The second-order valence-corrected chi connectivity index (χ2v) is 9.73. The molecule has 30 heavy (non-hydrogen) atoms. The molecule has 0 N–H and O–H groups in total. The van der Waals surface area contributed by atoms with Crippen molar-refractivity contribution in [1.82, 2.24) is 4.90 Å². The van der Waals surface area contributed by atoms with Crippen LogP contribution in [0.4, 0.5) is 4.39 Å². The quantitative estimate of drug-likeness (QED) is 0.563. The van der Waals surface area contributed by atoms with E-state index < -0.39 is 20.9 Å². The number of carbonyl (C=O) groups excluding carboxylic acids is 1. The van der Waals surface area contributed by atoms with Crippen molar-refractivity contribution in [3.8, 4) is 0 Å². The smallest absolute Gasteiger partial charge is 0.223 e. The first kappa shape index (κ1) is 20.3. The van der Waals surface area contributed by atoms with Gasteiger partial charge in [0.1, 0.15) is 11.1 Å². The molecule has 1 fully saturated rings. The van der Waals surface area contributed by atoms with Crippen molar-refractivity contribution in [2.45, 2.75) is 22.5 Å². The Balaban J connectivity index is 1.46. The van der Waals surface area contributed by atoms with Crippen molar-refractivity contribution in [1.29, 1.82) is 0 Å². The van der Waals surface area contributed by atoms with Gasteiger partial charge in [0.05, 0.1) is 4.90 Å². The largest absolute Gasteiger partial charge is 0.340 e. The molecule has 0 spiro atoms. The molecular formula is C24H22FNO3S. The summed E-state index contributed by atoms with van der Waals surface area (Å²) in [5, 5.41) is -0.654. The molecule has 0 aromatic heterocycles. The number of likely N-dealkylation sites (tertiary alicyclic amines) is 1. The molecule has 0 unspecified atom stereocenters. The van der Waals surface area contributed by atoms with E-state index in [0.29, 0.717) is 0 Å². The minimum absolute atomic E-state index is 0.0711. The van der Waals surface area contributed by atoms with E-state index >= 15 is 0 Å². The maximum atomic E-state index is 13.1. The second kappa shape index (κ2) is 8.40. The Morgan fingerprint density at radius 2 is 1.37 bits per heavy atom. The number of amides is 1. The number of rotatable bonds is 6. The van der Waals surface area contributed by atoms with Gasteiger partial charge < -0.3 is 4.90 Å². The topological polar surface area (TPSA) is 54.5 Å². The lowest BCUT2D eigenvalue weighted by Gasteiger charge is -2.39. The minimum atomic E-state index is -3.58. The van der Waals surface area contributed by atoms with E-state index in [2.05, 4.69) is 0 Å². The summed E-state index contributed by atoms with van der Waals surface area (Å²) in [5.41, 5.74) is 2.10. The Morgan fingerprint density at radius 1 is 0.867 bits per heavy atom. The summed E-state index contributed by atoms with van der Waals surface area (Å²) in [4.78, 5) is 14.6. The van der Waals surface area contributed by atoms with Crippen molar-refractivity contribution >= 4 is 15.7 Å². The highest BCUT2D eigenvalue weighted by Crippen LogP contribution is 2.31. The minimum Gasteiger partial charge on any atom is -0.340 e. The highest BCUT2D eigenvalue weighted by Gasteiger charge is 2.40. The van der Waals surface area contributed by atoms with Gasteiger partial charge >= 0.3 is 0 Å². The third-order valence-corrected chi connectivity index (χ3v) is 7.67. The Bertz CT molecular complexity index is 1070. The average molecular weight is 424 g/mol. The summed E-state index contributed by atoms with van der Waals surface area (Å²) < 4.78 is 38.5. The molecule has 1 amide bonds. The monoisotopic (exact) mass is 423 g/mol. The van der Waals surface area contributed by atoms with Crippen LogP contribution in [-0.4, -0.2) is 37.6 Å². The van der Waals surface area contributed by atoms with E-state index in [1.807, 2.05) is 60.7 Å². The lowest BCUT2D eigenvalue weighted by Crippen LogP contribution is -2.57. The maximum Gasteiger partial charge on any atom is 0.223 e. The Morgan fingerprint density at radius 3 is 1.87 bits per heavy atom. The molecule has 1 heterocycles. The first-order valence-corrected chi connectivity index (χ1v) is 11.4. The zero-order valence-electron chi connectivity index (χ0n) is 16.3. The van der Waals surface area contributed by atoms with Gasteiger partial charge in [-0.3, -0.25) is 4.79 Å². The van der Waals surface area contributed by atoms with Gasteiger partial charge in [0.25, 0.3) is 0 Å². The standard InChI is InChI=1S/C24H22FNO3S/c25-20-11-13-21(14-12-20)30(28,29)22-16-26(17-22)24(27)15-23(18-7-3-1-4-8-18)19-9-5-2-6-10-19/h1-14,22-23H,15-17H2. The molecule has 1 aliphatic heterocycles. The Kier molecular flexibility index (Phi) is 5.68. The second-order valence-electron chi connectivity index (χ2n) is 7.50. The van der Waals surface area contributed by atoms with Gasteiger partial charge in [-0.15, -0.1) is 0 Å². The van der Waals surface area contributed by atoms with Crippen LogP contribution in [0.3, 0.4) is 0 Å². The van der Waals surface area contributed by atoms with Gasteiger partial charge in [-0.2, -0.15) is 0 Å². The Labute approximate surface area is 175 Å². The predicted molar refractivity (Wildman–Crippen MR) is 113 cm³/mol. The van der Waals surface area contributed by atoms with Crippen LogP contribution in [0.2, 0.25) is 0 Å². The number of sulfone groups is 1. The first-order chi connectivity index (χ1) is 14.4. The van der Waals surface area contributed by atoms with E-state index in [1.165, 1.54) is 12.1 Å². The molecule has 154 valence electrons. The van der Waals surface area contributed by atoms with E-state index in [1.54, 1.807) is 4.90 Å². The third kappa shape index (κ3) is 4.14. The summed E-state index contributed by atoms with van der Waals surface area (Å²) in [5.74, 6) is -0.641. The fourth-order valence-corrected chi connectivity index (χ4v) is 5.41. The number of hydrogen-bond donors (Lipinski definition) is 0. The van der Waals surface area contributed by atoms with Crippen molar-refractivity contribution in [3.05, 3.63) is 102 Å². The summed E-state index contributed by atoms with van der Waals surface area (Å²) in [7, 11) is -3.58. The SMILES string of the molecule is O=C(CC(c1ccccc1)c1ccccc1)N1CC(S(=O)(=O)c2ccc(F)cc2)C1. The van der Waals surface area contributed by atoms with Gasteiger partial charge in [0, 0.05) is 25.4 Å². The molecule has 3 aromatic rings. The molecule has 0 atom stereocenters. The van der Waals surface area contributed by atoms with Gasteiger partial charge in [0.15, 0.2) is 9.84 Å². The van der Waals surface area contributed by atoms with Crippen LogP contribution in [0.15, 0.2) is 89.8 Å². The Hall–Kier alpha value is -2.99. The molecule has 0 radical (unpaired) electrons. The molecule has 1 aliphatic rings. The van der Waals surface area contributed by atoms with E-state index in [0.717, 1.165) is 23.3 Å². The van der Waals surface area contributed by atoms with Crippen molar-refractivity contribution in [3.63, 3.8) is 0 Å². The highest BCUT2D eigenvalue weighted by atomic mass is 32.2. The number of halogens is 1. The van der Waals surface area contributed by atoms with Gasteiger partial charge in [0.2, 0.25) is 5.91 Å². The number of nitrogens with zero attached hydrogens (tertiary/aromatic N) is 1. The summed E-state index contributed by atoms with van der Waals surface area (Å²) >= 11 is 0. The summed E-state index contributed by atoms with van der Waals surface area (Å²) in [6.07, 6.45) is 0.275. The predicted octanol–water partition coefficient (Wildman–Crippen LogP) is 4.03. The molecule has 4 nitrogen and oxygen atoms in total. The molecule has 0 bridgehead atoms. The highest BCUT2D eigenvalue weighted by molar-refractivity contribution is 7.92. The van der Waals surface area contributed by atoms with E-state index in [-0.39, 0.29) is 36.2 Å². The van der Waals surface area contributed by atoms with Crippen molar-refractivity contribution in [2.24, 2.45) is 0 Å². The van der Waals surface area contributed by atoms with Crippen LogP contribution in [0.25, 0.3) is 0 Å². The van der Waals surface area contributed by atoms with Crippen molar-refractivity contribution < 1.29 is 17.6 Å². The fraction of sp³-hybridized carbons (Fsp3) is 0.208. The third-order valence-electron chi connectivity index (χ3n) is 5.56. The first-order valence-electron chi connectivity index (χ1n) is 9.82. The van der Waals surface area contributed by atoms with E-state index in [9.17, 15) is 17.6 Å². The number of carbonyl (C=O) groups is 1. The zero-order chi connectivity index (χ0) is 21.1. The summed E-state index contributed by atoms with van der Waals surface area (Å²) in [6.45, 7) is 0.323.